The first-order valence-corrected chi connectivity index (χ1v) is 6.15. The van der Waals surface area contributed by atoms with Crippen LogP contribution < -0.4 is 0 Å². The molecule has 0 amide bonds. The SMILES string of the molecule is CC(C)(C)c1cccc2c1[cH-]c1ccccc12.[Hf]. The molecule has 0 saturated heterocycles. The smallest absolute Gasteiger partial charge is 0 e. The van der Waals surface area contributed by atoms with Crippen LogP contribution in [-0.2, 0) is 31.3 Å². The molecule has 3 aromatic rings. The van der Waals surface area contributed by atoms with Gasteiger partial charge >= 0.3 is 0 Å². The molecule has 0 unspecified atom stereocenters. The van der Waals surface area contributed by atoms with Crippen LogP contribution in [0, 0.1) is 0 Å². The number of benzene rings is 2. The fraction of sp³-hybridized carbons (Fsp3) is 0.235. The van der Waals surface area contributed by atoms with E-state index in [-0.39, 0.29) is 31.3 Å². The standard InChI is InChI=1S/C17H17.Hf/c1-17(2,3)16-10-6-9-14-13-8-5-4-7-12(13)11-15(14)16;/h4-11H,1-3H3;/q-1;. The minimum absolute atomic E-state index is 0. The van der Waals surface area contributed by atoms with Crippen molar-refractivity contribution in [2.75, 3.05) is 0 Å². The third-order valence-electron chi connectivity index (χ3n) is 3.46. The largest absolute Gasteiger partial charge is 0.126 e. The van der Waals surface area contributed by atoms with Crippen LogP contribution >= 0.6 is 0 Å². The Morgan fingerprint density at radius 2 is 1.50 bits per heavy atom. The minimum Gasteiger partial charge on any atom is -0.126 e. The molecular weight excluding hydrogens is 383 g/mol. The van der Waals surface area contributed by atoms with Crippen LogP contribution in [0.5, 0.6) is 0 Å². The van der Waals surface area contributed by atoms with E-state index in [1.807, 2.05) is 0 Å². The van der Waals surface area contributed by atoms with Gasteiger partial charge in [-0.2, -0.15) is 0 Å². The van der Waals surface area contributed by atoms with Gasteiger partial charge in [0.15, 0.2) is 0 Å². The molecular formula is C17H17Hf-. The average Bonchev–Trinajstić information content (AvgIpc) is 2.65. The summed E-state index contributed by atoms with van der Waals surface area (Å²) >= 11 is 0. The quantitative estimate of drug-likeness (QED) is 0.368. The molecule has 1 heteroatoms. The van der Waals surface area contributed by atoms with Crippen molar-refractivity contribution < 1.29 is 25.8 Å². The fourth-order valence-corrected chi connectivity index (χ4v) is 2.63. The first-order chi connectivity index (χ1) is 8.07. The minimum atomic E-state index is 0. The Morgan fingerprint density at radius 1 is 0.833 bits per heavy atom. The van der Waals surface area contributed by atoms with Crippen molar-refractivity contribution in [3.8, 4) is 0 Å². The Hall–Kier alpha value is -0.820. The molecule has 0 fully saturated rings. The Labute approximate surface area is 127 Å². The zero-order valence-corrected chi connectivity index (χ0v) is 14.7. The first-order valence-electron chi connectivity index (χ1n) is 6.15. The van der Waals surface area contributed by atoms with E-state index in [9.17, 15) is 0 Å². The molecule has 0 radical (unpaired) electrons. The van der Waals surface area contributed by atoms with Gasteiger partial charge in [0.25, 0.3) is 0 Å². The van der Waals surface area contributed by atoms with E-state index in [1.54, 1.807) is 0 Å². The van der Waals surface area contributed by atoms with Gasteiger partial charge in [0, 0.05) is 25.8 Å². The van der Waals surface area contributed by atoms with E-state index in [0.29, 0.717) is 0 Å². The van der Waals surface area contributed by atoms with Gasteiger partial charge in [-0.25, -0.2) is 0 Å². The molecule has 0 aliphatic rings. The summed E-state index contributed by atoms with van der Waals surface area (Å²) in [6, 6.07) is 17.6. The van der Waals surface area contributed by atoms with Crippen molar-refractivity contribution in [3.63, 3.8) is 0 Å². The van der Waals surface area contributed by atoms with Crippen molar-refractivity contribution >= 4 is 21.5 Å². The third kappa shape index (κ3) is 2.09. The molecule has 3 aromatic carbocycles. The molecule has 0 aliphatic carbocycles. The van der Waals surface area contributed by atoms with Gasteiger partial charge in [-0.3, -0.25) is 0 Å². The normalized spacial score (nSPS) is 11.7. The van der Waals surface area contributed by atoms with Gasteiger partial charge in [-0.15, -0.1) is 33.7 Å². The van der Waals surface area contributed by atoms with E-state index in [0.717, 1.165) is 0 Å². The molecule has 0 heterocycles. The second-order valence-electron chi connectivity index (χ2n) is 5.75. The van der Waals surface area contributed by atoms with Gasteiger partial charge in [0.2, 0.25) is 0 Å². The van der Waals surface area contributed by atoms with Crippen LogP contribution in [0.4, 0.5) is 0 Å². The third-order valence-corrected chi connectivity index (χ3v) is 3.46. The van der Waals surface area contributed by atoms with Crippen LogP contribution in [0.2, 0.25) is 0 Å². The summed E-state index contributed by atoms with van der Waals surface area (Å²) < 4.78 is 0. The van der Waals surface area contributed by atoms with E-state index in [2.05, 4.69) is 69.3 Å². The van der Waals surface area contributed by atoms with E-state index in [4.69, 9.17) is 0 Å². The summed E-state index contributed by atoms with van der Waals surface area (Å²) in [6.07, 6.45) is 0. The monoisotopic (exact) mass is 401 g/mol. The van der Waals surface area contributed by atoms with Gasteiger partial charge in [-0.1, -0.05) is 62.7 Å². The first kappa shape index (κ1) is 13.6. The van der Waals surface area contributed by atoms with Crippen molar-refractivity contribution in [2.24, 2.45) is 0 Å². The van der Waals surface area contributed by atoms with Crippen LogP contribution in [0.25, 0.3) is 21.5 Å². The van der Waals surface area contributed by atoms with Crippen LogP contribution in [0.3, 0.4) is 0 Å². The maximum Gasteiger partial charge on any atom is 0 e. The van der Waals surface area contributed by atoms with Crippen molar-refractivity contribution in [2.45, 2.75) is 26.2 Å². The number of rotatable bonds is 0. The molecule has 0 spiro atoms. The number of fused-ring (bicyclic) bond motifs is 3. The molecule has 0 bridgehead atoms. The fourth-order valence-electron chi connectivity index (χ4n) is 2.63. The van der Waals surface area contributed by atoms with E-state index in [1.165, 1.54) is 27.1 Å². The Balaban J connectivity index is 0.00000120. The molecule has 0 nitrogen and oxygen atoms in total. The van der Waals surface area contributed by atoms with Crippen LogP contribution in [0.15, 0.2) is 48.5 Å². The predicted molar refractivity (Wildman–Crippen MR) is 75.7 cm³/mol. The second kappa shape index (κ2) is 4.70. The maximum atomic E-state index is 2.32. The second-order valence-corrected chi connectivity index (χ2v) is 5.75. The number of hydrogen-bond donors (Lipinski definition) is 0. The van der Waals surface area contributed by atoms with Crippen molar-refractivity contribution in [3.05, 3.63) is 54.1 Å². The topological polar surface area (TPSA) is 0 Å². The number of hydrogen-bond acceptors (Lipinski definition) is 0. The Kier molecular flexibility index (Phi) is 3.55. The molecule has 0 atom stereocenters. The van der Waals surface area contributed by atoms with Crippen molar-refractivity contribution in [1.29, 1.82) is 0 Å². The Bertz CT molecular complexity index is 683. The molecule has 90 valence electrons. The molecule has 3 rings (SSSR count). The summed E-state index contributed by atoms with van der Waals surface area (Å²) in [6.45, 7) is 6.83. The molecule has 0 N–H and O–H groups in total. The summed E-state index contributed by atoms with van der Waals surface area (Å²) in [5, 5.41) is 5.50. The zero-order chi connectivity index (χ0) is 12.0. The van der Waals surface area contributed by atoms with Gasteiger partial charge in [-0.05, 0) is 5.41 Å². The van der Waals surface area contributed by atoms with E-state index < -0.39 is 0 Å². The Morgan fingerprint density at radius 3 is 2.22 bits per heavy atom. The predicted octanol–water partition coefficient (Wildman–Crippen LogP) is 5.01. The molecule has 0 saturated carbocycles. The average molecular weight is 400 g/mol. The van der Waals surface area contributed by atoms with Crippen LogP contribution in [0.1, 0.15) is 26.3 Å². The van der Waals surface area contributed by atoms with Crippen LogP contribution in [-0.4, -0.2) is 0 Å². The summed E-state index contributed by atoms with van der Waals surface area (Å²) in [5.41, 5.74) is 1.63. The van der Waals surface area contributed by atoms with Gasteiger partial charge in [0.05, 0.1) is 0 Å². The molecule has 18 heavy (non-hydrogen) atoms. The molecule has 0 aliphatic heterocycles. The van der Waals surface area contributed by atoms with Gasteiger partial charge in [0.1, 0.15) is 0 Å². The molecule has 0 aromatic heterocycles. The van der Waals surface area contributed by atoms with E-state index >= 15 is 0 Å². The zero-order valence-electron chi connectivity index (χ0n) is 11.1. The maximum absolute atomic E-state index is 2.32. The van der Waals surface area contributed by atoms with Crippen molar-refractivity contribution in [1.82, 2.24) is 0 Å². The summed E-state index contributed by atoms with van der Waals surface area (Å²) in [4.78, 5) is 0. The summed E-state index contributed by atoms with van der Waals surface area (Å²) in [7, 11) is 0. The van der Waals surface area contributed by atoms with Gasteiger partial charge < -0.3 is 0 Å². The summed E-state index contributed by atoms with van der Waals surface area (Å²) in [5.74, 6) is 0.